The van der Waals surface area contributed by atoms with Gasteiger partial charge in [-0.05, 0) is 44.8 Å². The second-order valence-corrected chi connectivity index (χ2v) is 5.04. The van der Waals surface area contributed by atoms with Gasteiger partial charge in [0.2, 0.25) is 0 Å². The first-order valence-electron chi connectivity index (χ1n) is 6.94. The molecule has 1 aliphatic heterocycles. The Balaban J connectivity index is 2.24. The van der Waals surface area contributed by atoms with E-state index in [0.717, 1.165) is 19.0 Å². The lowest BCUT2D eigenvalue weighted by atomic mass is 10.1. The molecule has 3 heteroatoms. The summed E-state index contributed by atoms with van der Waals surface area (Å²) in [4.78, 5) is 5.15. The van der Waals surface area contributed by atoms with Gasteiger partial charge in [0.05, 0.1) is 0 Å². The van der Waals surface area contributed by atoms with Crippen molar-refractivity contribution >= 4 is 0 Å². The molecule has 0 aromatic rings. The molecule has 0 bridgehead atoms. The Kier molecular flexibility index (Phi) is 7.01. The fourth-order valence-corrected chi connectivity index (χ4v) is 2.74. The van der Waals surface area contributed by atoms with E-state index < -0.39 is 0 Å². The van der Waals surface area contributed by atoms with E-state index >= 15 is 0 Å². The summed E-state index contributed by atoms with van der Waals surface area (Å²) in [5.74, 6) is 0.879. The van der Waals surface area contributed by atoms with Crippen molar-refractivity contribution in [1.82, 2.24) is 9.80 Å². The van der Waals surface area contributed by atoms with E-state index in [9.17, 15) is 0 Å². The van der Waals surface area contributed by atoms with E-state index in [1.54, 1.807) is 0 Å². The summed E-state index contributed by atoms with van der Waals surface area (Å²) < 4.78 is 0. The maximum atomic E-state index is 5.60. The molecule has 1 aliphatic rings. The first kappa shape index (κ1) is 13.9. The molecule has 1 rings (SSSR count). The zero-order valence-electron chi connectivity index (χ0n) is 11.1. The highest BCUT2D eigenvalue weighted by molar-refractivity contribution is 4.78. The Bertz CT molecular complexity index is 167. The molecule has 0 aliphatic carbocycles. The van der Waals surface area contributed by atoms with Gasteiger partial charge in [0.15, 0.2) is 0 Å². The summed E-state index contributed by atoms with van der Waals surface area (Å²) in [7, 11) is 0. The SMILES string of the molecule is CCCN(CCC)CC1CCN(CCN)C1. The first-order chi connectivity index (χ1) is 7.80. The minimum absolute atomic E-state index is 0.806. The van der Waals surface area contributed by atoms with Crippen molar-refractivity contribution < 1.29 is 0 Å². The lowest BCUT2D eigenvalue weighted by Crippen LogP contribution is -2.33. The first-order valence-corrected chi connectivity index (χ1v) is 6.94. The van der Waals surface area contributed by atoms with Crippen LogP contribution in [0.25, 0.3) is 0 Å². The van der Waals surface area contributed by atoms with E-state index in [-0.39, 0.29) is 0 Å². The molecule has 1 saturated heterocycles. The van der Waals surface area contributed by atoms with E-state index in [0.29, 0.717) is 0 Å². The Morgan fingerprint density at radius 3 is 2.50 bits per heavy atom. The van der Waals surface area contributed by atoms with E-state index in [1.165, 1.54) is 52.0 Å². The van der Waals surface area contributed by atoms with Crippen molar-refractivity contribution in [3.05, 3.63) is 0 Å². The molecule has 0 amide bonds. The van der Waals surface area contributed by atoms with Crippen LogP contribution in [0.2, 0.25) is 0 Å². The average Bonchev–Trinajstić information content (AvgIpc) is 2.67. The van der Waals surface area contributed by atoms with Gasteiger partial charge in [0, 0.05) is 26.2 Å². The lowest BCUT2D eigenvalue weighted by Gasteiger charge is -2.24. The van der Waals surface area contributed by atoms with Gasteiger partial charge in [-0.1, -0.05) is 13.8 Å². The van der Waals surface area contributed by atoms with Crippen LogP contribution < -0.4 is 5.73 Å². The fraction of sp³-hybridized carbons (Fsp3) is 1.00. The van der Waals surface area contributed by atoms with Crippen LogP contribution in [0.1, 0.15) is 33.1 Å². The normalized spacial score (nSPS) is 22.1. The zero-order valence-corrected chi connectivity index (χ0v) is 11.1. The molecule has 96 valence electrons. The second kappa shape index (κ2) is 8.04. The number of likely N-dealkylation sites (tertiary alicyclic amines) is 1. The molecule has 1 heterocycles. The molecule has 0 spiro atoms. The van der Waals surface area contributed by atoms with Gasteiger partial charge in [-0.15, -0.1) is 0 Å². The molecule has 0 aromatic heterocycles. The van der Waals surface area contributed by atoms with Crippen LogP contribution >= 0.6 is 0 Å². The summed E-state index contributed by atoms with van der Waals surface area (Å²) >= 11 is 0. The van der Waals surface area contributed by atoms with E-state index in [1.807, 2.05) is 0 Å². The van der Waals surface area contributed by atoms with Crippen molar-refractivity contribution in [2.45, 2.75) is 33.1 Å². The van der Waals surface area contributed by atoms with Crippen LogP contribution in [0, 0.1) is 5.92 Å². The molecule has 2 N–H and O–H groups in total. The minimum atomic E-state index is 0.806. The Morgan fingerprint density at radius 2 is 1.94 bits per heavy atom. The van der Waals surface area contributed by atoms with Crippen molar-refractivity contribution in [2.75, 3.05) is 45.8 Å². The summed E-state index contributed by atoms with van der Waals surface area (Å²) in [6.07, 6.45) is 3.92. The average molecular weight is 227 g/mol. The maximum Gasteiger partial charge on any atom is 0.0105 e. The van der Waals surface area contributed by atoms with E-state index in [4.69, 9.17) is 5.73 Å². The highest BCUT2D eigenvalue weighted by Gasteiger charge is 2.23. The Hall–Kier alpha value is -0.120. The molecule has 1 atom stereocenters. The topological polar surface area (TPSA) is 32.5 Å². The molecule has 1 fully saturated rings. The lowest BCUT2D eigenvalue weighted by molar-refractivity contribution is 0.227. The molecule has 1 unspecified atom stereocenters. The third-order valence-corrected chi connectivity index (χ3v) is 3.41. The summed E-state index contributed by atoms with van der Waals surface area (Å²) in [6, 6.07) is 0. The zero-order chi connectivity index (χ0) is 11.8. The summed E-state index contributed by atoms with van der Waals surface area (Å²) in [5, 5.41) is 0. The van der Waals surface area contributed by atoms with Crippen LogP contribution in [0.5, 0.6) is 0 Å². The number of nitrogens with two attached hydrogens (primary N) is 1. The summed E-state index contributed by atoms with van der Waals surface area (Å²) in [6.45, 7) is 12.8. The summed E-state index contributed by atoms with van der Waals surface area (Å²) in [5.41, 5.74) is 5.60. The Labute approximate surface area is 101 Å². The number of nitrogens with zero attached hydrogens (tertiary/aromatic N) is 2. The van der Waals surface area contributed by atoms with Gasteiger partial charge in [-0.2, -0.15) is 0 Å². The fourth-order valence-electron chi connectivity index (χ4n) is 2.74. The Morgan fingerprint density at radius 1 is 1.25 bits per heavy atom. The van der Waals surface area contributed by atoms with Gasteiger partial charge in [-0.3, -0.25) is 0 Å². The largest absolute Gasteiger partial charge is 0.329 e. The number of rotatable bonds is 8. The van der Waals surface area contributed by atoms with Crippen molar-refractivity contribution in [2.24, 2.45) is 11.7 Å². The standard InChI is InChI=1S/C13H29N3/c1-3-7-15(8-4-2)11-13-5-9-16(12-13)10-6-14/h13H,3-12,14H2,1-2H3. The van der Waals surface area contributed by atoms with E-state index in [2.05, 4.69) is 23.6 Å². The third-order valence-electron chi connectivity index (χ3n) is 3.41. The minimum Gasteiger partial charge on any atom is -0.329 e. The van der Waals surface area contributed by atoms with Gasteiger partial charge >= 0.3 is 0 Å². The molecule has 16 heavy (non-hydrogen) atoms. The van der Waals surface area contributed by atoms with Gasteiger partial charge in [-0.25, -0.2) is 0 Å². The number of hydrogen-bond donors (Lipinski definition) is 1. The highest BCUT2D eigenvalue weighted by atomic mass is 15.2. The molecule has 0 saturated carbocycles. The molecular weight excluding hydrogens is 198 g/mol. The van der Waals surface area contributed by atoms with Gasteiger partial charge < -0.3 is 15.5 Å². The number of hydrogen-bond acceptors (Lipinski definition) is 3. The smallest absolute Gasteiger partial charge is 0.0105 e. The van der Waals surface area contributed by atoms with Crippen LogP contribution in [0.4, 0.5) is 0 Å². The highest BCUT2D eigenvalue weighted by Crippen LogP contribution is 2.17. The molecular formula is C13H29N3. The molecule has 3 nitrogen and oxygen atoms in total. The predicted octanol–water partition coefficient (Wildman–Crippen LogP) is 1.39. The molecule has 0 radical (unpaired) electrons. The third kappa shape index (κ3) is 4.81. The predicted molar refractivity (Wildman–Crippen MR) is 70.6 cm³/mol. The molecule has 0 aromatic carbocycles. The van der Waals surface area contributed by atoms with Gasteiger partial charge in [0.1, 0.15) is 0 Å². The van der Waals surface area contributed by atoms with Crippen molar-refractivity contribution in [3.8, 4) is 0 Å². The second-order valence-electron chi connectivity index (χ2n) is 5.04. The monoisotopic (exact) mass is 227 g/mol. The van der Waals surface area contributed by atoms with Crippen LogP contribution in [-0.2, 0) is 0 Å². The van der Waals surface area contributed by atoms with Crippen LogP contribution in [-0.4, -0.2) is 55.6 Å². The van der Waals surface area contributed by atoms with Crippen molar-refractivity contribution in [3.63, 3.8) is 0 Å². The maximum absolute atomic E-state index is 5.60. The van der Waals surface area contributed by atoms with Crippen LogP contribution in [0.15, 0.2) is 0 Å². The quantitative estimate of drug-likeness (QED) is 0.680. The van der Waals surface area contributed by atoms with Crippen LogP contribution in [0.3, 0.4) is 0 Å². The van der Waals surface area contributed by atoms with Gasteiger partial charge in [0.25, 0.3) is 0 Å². The van der Waals surface area contributed by atoms with Crippen molar-refractivity contribution in [1.29, 1.82) is 0 Å².